The van der Waals surface area contributed by atoms with Crippen LogP contribution >= 0.6 is 0 Å². The third-order valence-electron chi connectivity index (χ3n) is 4.26. The minimum Gasteiger partial charge on any atom is -0.396 e. The molecule has 3 rings (SSSR count). The minimum atomic E-state index is -0.167. The van der Waals surface area contributed by atoms with E-state index in [1.807, 2.05) is 25.1 Å². The van der Waals surface area contributed by atoms with Gasteiger partial charge in [-0.1, -0.05) is 6.07 Å². The average Bonchev–Trinajstić information content (AvgIpc) is 3.25. The van der Waals surface area contributed by atoms with Crippen molar-refractivity contribution in [1.82, 2.24) is 0 Å². The van der Waals surface area contributed by atoms with E-state index in [1.54, 1.807) is 0 Å². The molecular weight excluding hydrogens is 268 g/mol. The summed E-state index contributed by atoms with van der Waals surface area (Å²) in [4.78, 5) is 11.8. The zero-order chi connectivity index (χ0) is 14.9. The summed E-state index contributed by atoms with van der Waals surface area (Å²) in [5.74, 6) is 0.316. The van der Waals surface area contributed by atoms with Crippen LogP contribution in [0.1, 0.15) is 18.4 Å². The van der Waals surface area contributed by atoms with E-state index in [4.69, 9.17) is 4.74 Å². The highest BCUT2D eigenvalue weighted by molar-refractivity contribution is 5.94. The standard InChI is InChI=1S/C16H22N2O3/c1-11-2-5-13(18-15(20)12-3-4-12)6-14(11)17-7-16(8-19)9-21-10-16/h2,5-6,12,17,19H,3-4,7-10H2,1H3,(H,18,20). The van der Waals surface area contributed by atoms with Crippen molar-refractivity contribution in [2.45, 2.75) is 19.8 Å². The molecular formula is C16H22N2O3. The van der Waals surface area contributed by atoms with E-state index in [1.165, 1.54) is 0 Å². The highest BCUT2D eigenvalue weighted by Crippen LogP contribution is 2.31. The Balaban J connectivity index is 1.64. The Morgan fingerprint density at radius 3 is 2.76 bits per heavy atom. The number of hydrogen-bond acceptors (Lipinski definition) is 4. The highest BCUT2D eigenvalue weighted by Gasteiger charge is 2.37. The molecule has 2 aliphatic rings. The van der Waals surface area contributed by atoms with Crippen LogP contribution in [-0.4, -0.2) is 37.4 Å². The smallest absolute Gasteiger partial charge is 0.227 e. The van der Waals surface area contributed by atoms with Gasteiger partial charge in [0.15, 0.2) is 0 Å². The number of rotatable bonds is 6. The monoisotopic (exact) mass is 290 g/mol. The molecule has 0 atom stereocenters. The van der Waals surface area contributed by atoms with Gasteiger partial charge in [0.2, 0.25) is 5.91 Å². The maximum atomic E-state index is 11.8. The maximum Gasteiger partial charge on any atom is 0.227 e. The predicted octanol–water partition coefficient (Wildman–Crippen LogP) is 1.76. The topological polar surface area (TPSA) is 70.6 Å². The van der Waals surface area contributed by atoms with Gasteiger partial charge in [-0.05, 0) is 37.5 Å². The lowest BCUT2D eigenvalue weighted by Gasteiger charge is -2.40. The fraction of sp³-hybridized carbons (Fsp3) is 0.562. The largest absolute Gasteiger partial charge is 0.396 e. The number of ether oxygens (including phenoxy) is 1. The third-order valence-corrected chi connectivity index (χ3v) is 4.26. The van der Waals surface area contributed by atoms with Gasteiger partial charge < -0.3 is 20.5 Å². The maximum absolute atomic E-state index is 11.8. The molecule has 21 heavy (non-hydrogen) atoms. The Kier molecular flexibility index (Phi) is 3.87. The van der Waals surface area contributed by atoms with Crippen LogP contribution in [-0.2, 0) is 9.53 Å². The molecule has 1 amide bonds. The van der Waals surface area contributed by atoms with Crippen molar-refractivity contribution in [3.63, 3.8) is 0 Å². The molecule has 1 heterocycles. The lowest BCUT2D eigenvalue weighted by Crippen LogP contribution is -2.50. The van der Waals surface area contributed by atoms with Gasteiger partial charge in [-0.25, -0.2) is 0 Å². The molecule has 1 saturated heterocycles. The van der Waals surface area contributed by atoms with Crippen molar-refractivity contribution in [2.75, 3.05) is 37.0 Å². The Morgan fingerprint density at radius 2 is 2.19 bits per heavy atom. The van der Waals surface area contributed by atoms with Crippen LogP contribution in [0.2, 0.25) is 0 Å². The predicted molar refractivity (Wildman–Crippen MR) is 81.4 cm³/mol. The van der Waals surface area contributed by atoms with Crippen molar-refractivity contribution in [3.05, 3.63) is 23.8 Å². The van der Waals surface area contributed by atoms with Gasteiger partial charge in [-0.3, -0.25) is 4.79 Å². The average molecular weight is 290 g/mol. The molecule has 0 radical (unpaired) electrons. The van der Waals surface area contributed by atoms with Crippen LogP contribution in [0.25, 0.3) is 0 Å². The number of benzene rings is 1. The molecule has 0 spiro atoms. The van der Waals surface area contributed by atoms with E-state index in [0.717, 1.165) is 29.8 Å². The van der Waals surface area contributed by atoms with E-state index in [2.05, 4.69) is 10.6 Å². The van der Waals surface area contributed by atoms with Crippen LogP contribution in [0.5, 0.6) is 0 Å². The van der Waals surface area contributed by atoms with Crippen molar-refractivity contribution < 1.29 is 14.6 Å². The first-order chi connectivity index (χ1) is 10.1. The minimum absolute atomic E-state index is 0.115. The number of carbonyl (C=O) groups excluding carboxylic acids is 1. The van der Waals surface area contributed by atoms with Crippen molar-refractivity contribution in [2.24, 2.45) is 11.3 Å². The first-order valence-corrected chi connectivity index (χ1v) is 7.46. The first kappa shape index (κ1) is 14.4. The van der Waals surface area contributed by atoms with Crippen LogP contribution in [0, 0.1) is 18.3 Å². The van der Waals surface area contributed by atoms with E-state index < -0.39 is 0 Å². The number of aliphatic hydroxyl groups excluding tert-OH is 1. The Morgan fingerprint density at radius 1 is 1.43 bits per heavy atom. The zero-order valence-corrected chi connectivity index (χ0v) is 12.3. The summed E-state index contributed by atoms with van der Waals surface area (Å²) in [5, 5.41) is 15.8. The summed E-state index contributed by atoms with van der Waals surface area (Å²) in [7, 11) is 0. The fourth-order valence-corrected chi connectivity index (χ4v) is 2.40. The van der Waals surface area contributed by atoms with Gasteiger partial charge in [-0.2, -0.15) is 0 Å². The molecule has 0 aromatic heterocycles. The lowest BCUT2D eigenvalue weighted by atomic mass is 9.87. The SMILES string of the molecule is Cc1ccc(NC(=O)C2CC2)cc1NCC1(CO)COC1. The normalized spacial score (nSPS) is 19.7. The fourth-order valence-electron chi connectivity index (χ4n) is 2.40. The number of nitrogens with one attached hydrogen (secondary N) is 2. The van der Waals surface area contributed by atoms with Gasteiger partial charge >= 0.3 is 0 Å². The second-order valence-corrected chi connectivity index (χ2v) is 6.30. The zero-order valence-electron chi connectivity index (χ0n) is 12.3. The van der Waals surface area contributed by atoms with Gasteiger partial charge in [0.1, 0.15) is 0 Å². The molecule has 114 valence electrons. The second kappa shape index (κ2) is 5.66. The molecule has 1 aromatic rings. The molecule has 1 aliphatic heterocycles. The lowest BCUT2D eigenvalue weighted by molar-refractivity contribution is -0.128. The summed E-state index contributed by atoms with van der Waals surface area (Å²) in [6, 6.07) is 5.88. The summed E-state index contributed by atoms with van der Waals surface area (Å²) < 4.78 is 5.20. The van der Waals surface area contributed by atoms with Crippen molar-refractivity contribution in [1.29, 1.82) is 0 Å². The van der Waals surface area contributed by atoms with E-state index in [0.29, 0.717) is 19.8 Å². The molecule has 5 heteroatoms. The third kappa shape index (κ3) is 3.19. The number of amides is 1. The molecule has 1 aromatic carbocycles. The first-order valence-electron chi connectivity index (χ1n) is 7.46. The van der Waals surface area contributed by atoms with Crippen LogP contribution < -0.4 is 10.6 Å². The Bertz CT molecular complexity index is 531. The van der Waals surface area contributed by atoms with E-state index in [-0.39, 0.29) is 23.8 Å². The van der Waals surface area contributed by atoms with Crippen molar-refractivity contribution >= 4 is 17.3 Å². The molecule has 1 saturated carbocycles. The molecule has 2 fully saturated rings. The molecule has 0 unspecified atom stereocenters. The van der Waals surface area contributed by atoms with E-state index in [9.17, 15) is 9.90 Å². The molecule has 3 N–H and O–H groups in total. The quantitative estimate of drug-likeness (QED) is 0.746. The summed E-state index contributed by atoms with van der Waals surface area (Å²) in [6.45, 7) is 4.00. The molecule has 5 nitrogen and oxygen atoms in total. The van der Waals surface area contributed by atoms with Crippen LogP contribution in [0.3, 0.4) is 0 Å². The van der Waals surface area contributed by atoms with Gasteiger partial charge in [-0.15, -0.1) is 0 Å². The summed E-state index contributed by atoms with van der Waals surface area (Å²) >= 11 is 0. The number of hydrogen-bond donors (Lipinski definition) is 3. The second-order valence-electron chi connectivity index (χ2n) is 6.30. The highest BCUT2D eigenvalue weighted by atomic mass is 16.5. The van der Waals surface area contributed by atoms with Gasteiger partial charge in [0.25, 0.3) is 0 Å². The molecule has 1 aliphatic carbocycles. The van der Waals surface area contributed by atoms with Crippen LogP contribution in [0.4, 0.5) is 11.4 Å². The Hall–Kier alpha value is -1.59. The number of anilines is 2. The van der Waals surface area contributed by atoms with Crippen LogP contribution in [0.15, 0.2) is 18.2 Å². The number of carbonyl (C=O) groups is 1. The van der Waals surface area contributed by atoms with Gasteiger partial charge in [0.05, 0.1) is 25.2 Å². The number of aryl methyl sites for hydroxylation is 1. The number of aliphatic hydroxyl groups is 1. The summed E-state index contributed by atoms with van der Waals surface area (Å²) in [5.41, 5.74) is 2.76. The summed E-state index contributed by atoms with van der Waals surface area (Å²) in [6.07, 6.45) is 2.00. The molecule has 0 bridgehead atoms. The van der Waals surface area contributed by atoms with Crippen molar-refractivity contribution in [3.8, 4) is 0 Å². The van der Waals surface area contributed by atoms with E-state index >= 15 is 0 Å². The Labute approximate surface area is 124 Å². The van der Waals surface area contributed by atoms with Gasteiger partial charge in [0, 0.05) is 23.8 Å².